The Labute approximate surface area is 116 Å². The first-order valence-electron chi connectivity index (χ1n) is 7.01. The third-order valence-electron chi connectivity index (χ3n) is 2.98. The zero-order valence-corrected chi connectivity index (χ0v) is 12.5. The van der Waals surface area contributed by atoms with E-state index in [0.717, 1.165) is 25.9 Å². The summed E-state index contributed by atoms with van der Waals surface area (Å²) < 4.78 is 36.3. The summed E-state index contributed by atoms with van der Waals surface area (Å²) >= 11 is 0. The summed E-state index contributed by atoms with van der Waals surface area (Å²) in [7, 11) is -3.20. The zero-order valence-electron chi connectivity index (χ0n) is 11.7. The molecule has 2 N–H and O–H groups in total. The number of hydrogen-bond acceptors (Lipinski definition) is 5. The normalized spacial score (nSPS) is 17.7. The maximum Gasteiger partial charge on any atom is 0.213 e. The molecule has 0 amide bonds. The molecule has 0 aromatic carbocycles. The van der Waals surface area contributed by atoms with Gasteiger partial charge in [0.25, 0.3) is 0 Å². The fraction of sp³-hybridized carbons (Fsp3) is 1.00. The van der Waals surface area contributed by atoms with Crippen molar-refractivity contribution >= 4 is 10.0 Å². The summed E-state index contributed by atoms with van der Waals surface area (Å²) in [4.78, 5) is 0. The van der Waals surface area contributed by atoms with Crippen LogP contribution in [0.5, 0.6) is 0 Å². The van der Waals surface area contributed by atoms with Gasteiger partial charge in [-0.05, 0) is 39.3 Å². The molecule has 114 valence electrons. The lowest BCUT2D eigenvalue weighted by atomic mass is 10.1. The van der Waals surface area contributed by atoms with Crippen molar-refractivity contribution in [3.05, 3.63) is 0 Å². The minimum atomic E-state index is -3.20. The predicted octanol–water partition coefficient (Wildman–Crippen LogP) is 0.101. The summed E-state index contributed by atoms with van der Waals surface area (Å²) in [5.74, 6) is 0.0238. The summed E-state index contributed by atoms with van der Waals surface area (Å²) in [6.45, 7) is 5.69. The lowest BCUT2D eigenvalue weighted by molar-refractivity contribution is 0.0322. The molecule has 19 heavy (non-hydrogen) atoms. The monoisotopic (exact) mass is 294 g/mol. The van der Waals surface area contributed by atoms with E-state index >= 15 is 0 Å². The highest BCUT2D eigenvalue weighted by atomic mass is 32.2. The van der Waals surface area contributed by atoms with Gasteiger partial charge in [-0.1, -0.05) is 0 Å². The molecule has 1 fully saturated rings. The van der Waals surface area contributed by atoms with Gasteiger partial charge < -0.3 is 14.8 Å². The number of hydrogen-bond donors (Lipinski definition) is 2. The lowest BCUT2D eigenvalue weighted by Gasteiger charge is -2.22. The average Bonchev–Trinajstić information content (AvgIpc) is 2.39. The van der Waals surface area contributed by atoms with Crippen LogP contribution in [0.25, 0.3) is 0 Å². The van der Waals surface area contributed by atoms with E-state index in [9.17, 15) is 8.42 Å². The van der Waals surface area contributed by atoms with Crippen LogP contribution in [0.15, 0.2) is 0 Å². The number of piperidine rings is 1. The Morgan fingerprint density at radius 3 is 2.68 bits per heavy atom. The molecule has 0 spiro atoms. The molecular formula is C12H26N2O4S. The molecule has 1 aliphatic heterocycles. The van der Waals surface area contributed by atoms with Crippen molar-refractivity contribution in [1.82, 2.24) is 10.0 Å². The van der Waals surface area contributed by atoms with Crippen molar-refractivity contribution in [3.8, 4) is 0 Å². The molecule has 0 radical (unpaired) electrons. The standard InChI is InChI=1S/C12H26N2O4S/c1-2-17-10-11-19(15,16)14-6-3-9-18-12-4-7-13-8-5-12/h12-14H,2-11H2,1H3. The van der Waals surface area contributed by atoms with E-state index in [1.165, 1.54) is 0 Å². The van der Waals surface area contributed by atoms with Crippen LogP contribution in [0.3, 0.4) is 0 Å². The molecule has 1 rings (SSSR count). The fourth-order valence-corrected chi connectivity index (χ4v) is 2.83. The highest BCUT2D eigenvalue weighted by Gasteiger charge is 2.13. The van der Waals surface area contributed by atoms with Crippen LogP contribution < -0.4 is 10.0 Å². The number of nitrogens with one attached hydrogen (secondary N) is 2. The first-order chi connectivity index (χ1) is 9.14. The summed E-state index contributed by atoms with van der Waals surface area (Å²) in [5.41, 5.74) is 0. The van der Waals surface area contributed by atoms with Crippen LogP contribution in [-0.4, -0.2) is 59.7 Å². The van der Waals surface area contributed by atoms with Crippen LogP contribution in [0.4, 0.5) is 0 Å². The maximum atomic E-state index is 11.5. The number of ether oxygens (including phenoxy) is 2. The van der Waals surface area contributed by atoms with Crippen molar-refractivity contribution in [3.63, 3.8) is 0 Å². The van der Waals surface area contributed by atoms with Gasteiger partial charge in [-0.15, -0.1) is 0 Å². The lowest BCUT2D eigenvalue weighted by Crippen LogP contribution is -2.33. The van der Waals surface area contributed by atoms with E-state index in [2.05, 4.69) is 10.0 Å². The molecule has 0 unspecified atom stereocenters. The Hall–Kier alpha value is -0.210. The van der Waals surface area contributed by atoms with Crippen LogP contribution in [0.1, 0.15) is 26.2 Å². The molecule has 6 nitrogen and oxygen atoms in total. The highest BCUT2D eigenvalue weighted by Crippen LogP contribution is 2.07. The molecule has 0 bridgehead atoms. The van der Waals surface area contributed by atoms with Crippen molar-refractivity contribution in [2.45, 2.75) is 32.3 Å². The minimum Gasteiger partial charge on any atom is -0.381 e. The topological polar surface area (TPSA) is 76.7 Å². The minimum absolute atomic E-state index is 0.0238. The first kappa shape index (κ1) is 16.8. The Morgan fingerprint density at radius 2 is 2.00 bits per heavy atom. The van der Waals surface area contributed by atoms with Crippen molar-refractivity contribution < 1.29 is 17.9 Å². The van der Waals surface area contributed by atoms with Crippen LogP contribution in [0, 0.1) is 0 Å². The molecule has 1 saturated heterocycles. The van der Waals surface area contributed by atoms with Gasteiger partial charge in [0.1, 0.15) is 0 Å². The molecule has 0 aromatic rings. The quantitative estimate of drug-likeness (QED) is 0.559. The summed E-state index contributed by atoms with van der Waals surface area (Å²) in [6.07, 6.45) is 3.12. The van der Waals surface area contributed by atoms with Gasteiger partial charge in [0.05, 0.1) is 18.5 Å². The third kappa shape index (κ3) is 8.54. The average molecular weight is 294 g/mol. The van der Waals surface area contributed by atoms with E-state index in [-0.39, 0.29) is 12.4 Å². The van der Waals surface area contributed by atoms with Crippen molar-refractivity contribution in [2.24, 2.45) is 0 Å². The van der Waals surface area contributed by atoms with Crippen LogP contribution in [0.2, 0.25) is 0 Å². The first-order valence-corrected chi connectivity index (χ1v) is 8.66. The van der Waals surface area contributed by atoms with E-state index in [4.69, 9.17) is 9.47 Å². The molecular weight excluding hydrogens is 268 g/mol. The second-order valence-corrected chi connectivity index (χ2v) is 6.51. The summed E-state index contributed by atoms with van der Waals surface area (Å²) in [5, 5.41) is 3.28. The van der Waals surface area contributed by atoms with Crippen molar-refractivity contribution in [1.29, 1.82) is 0 Å². The van der Waals surface area contributed by atoms with E-state index < -0.39 is 10.0 Å². The molecule has 7 heteroatoms. The SMILES string of the molecule is CCOCCS(=O)(=O)NCCCOC1CCNCC1. The van der Waals surface area contributed by atoms with E-state index in [1.807, 2.05) is 6.92 Å². The Balaban J connectivity index is 1.99. The maximum absolute atomic E-state index is 11.5. The Kier molecular flexibility index (Phi) is 8.56. The third-order valence-corrected chi connectivity index (χ3v) is 4.33. The molecule has 1 heterocycles. The van der Waals surface area contributed by atoms with Gasteiger partial charge in [-0.2, -0.15) is 0 Å². The van der Waals surface area contributed by atoms with Gasteiger partial charge in [-0.3, -0.25) is 0 Å². The van der Waals surface area contributed by atoms with Crippen molar-refractivity contribution in [2.75, 3.05) is 45.2 Å². The second-order valence-electron chi connectivity index (χ2n) is 4.58. The summed E-state index contributed by atoms with van der Waals surface area (Å²) in [6, 6.07) is 0. The second kappa shape index (κ2) is 9.66. The zero-order chi connectivity index (χ0) is 14.0. The van der Waals surface area contributed by atoms with Gasteiger partial charge in [0, 0.05) is 19.8 Å². The van der Waals surface area contributed by atoms with Gasteiger partial charge in [0.15, 0.2) is 0 Å². The predicted molar refractivity (Wildman–Crippen MR) is 74.7 cm³/mol. The number of rotatable bonds is 10. The molecule has 0 atom stereocenters. The van der Waals surface area contributed by atoms with Gasteiger partial charge in [0.2, 0.25) is 10.0 Å². The molecule has 0 aromatic heterocycles. The van der Waals surface area contributed by atoms with E-state index in [1.54, 1.807) is 0 Å². The van der Waals surface area contributed by atoms with Crippen LogP contribution in [-0.2, 0) is 19.5 Å². The van der Waals surface area contributed by atoms with Gasteiger partial charge >= 0.3 is 0 Å². The van der Waals surface area contributed by atoms with Crippen LogP contribution >= 0.6 is 0 Å². The number of sulfonamides is 1. The van der Waals surface area contributed by atoms with Gasteiger partial charge in [-0.25, -0.2) is 13.1 Å². The molecule has 0 aliphatic carbocycles. The Morgan fingerprint density at radius 1 is 1.26 bits per heavy atom. The van der Waals surface area contributed by atoms with E-state index in [0.29, 0.717) is 32.3 Å². The molecule has 1 aliphatic rings. The fourth-order valence-electron chi connectivity index (χ4n) is 1.90. The highest BCUT2D eigenvalue weighted by molar-refractivity contribution is 7.89. The Bertz CT molecular complexity index is 316. The smallest absolute Gasteiger partial charge is 0.213 e. The largest absolute Gasteiger partial charge is 0.381 e. The molecule has 0 saturated carbocycles.